The molecule has 33 heavy (non-hydrogen) atoms. The topological polar surface area (TPSA) is 104 Å². The molecule has 0 bridgehead atoms. The molecule has 2 N–H and O–H groups in total. The fraction of sp³-hybridized carbons (Fsp3) is 0.200. The molecule has 5 rings (SSSR count). The summed E-state index contributed by atoms with van der Waals surface area (Å²) in [7, 11) is 0. The molecule has 0 amide bonds. The highest BCUT2D eigenvalue weighted by atomic mass is 35.5. The molecule has 0 saturated heterocycles. The van der Waals surface area contributed by atoms with Gasteiger partial charge in [-0.05, 0) is 69.0 Å². The lowest BCUT2D eigenvalue weighted by Crippen LogP contribution is -2.04. The number of aromatic nitrogens is 4. The van der Waals surface area contributed by atoms with Crippen molar-refractivity contribution in [3.8, 4) is 22.5 Å². The zero-order valence-electron chi connectivity index (χ0n) is 18.7. The van der Waals surface area contributed by atoms with Crippen molar-refractivity contribution in [3.05, 3.63) is 75.5 Å². The van der Waals surface area contributed by atoms with Gasteiger partial charge in [-0.1, -0.05) is 40.1 Å². The maximum Gasteiger partial charge on any atom is 0.167 e. The van der Waals surface area contributed by atoms with Crippen molar-refractivity contribution in [2.24, 2.45) is 0 Å². The van der Waals surface area contributed by atoms with Crippen LogP contribution in [-0.2, 0) is 6.42 Å². The summed E-state index contributed by atoms with van der Waals surface area (Å²) < 4.78 is 10.8. The number of aryl methyl sites for hydroxylation is 4. The lowest BCUT2D eigenvalue weighted by atomic mass is 9.90. The van der Waals surface area contributed by atoms with Gasteiger partial charge in [0.25, 0.3) is 0 Å². The van der Waals surface area contributed by atoms with Crippen LogP contribution in [0.5, 0.6) is 0 Å². The normalized spacial score (nSPS) is 11.4. The molecule has 0 aliphatic rings. The van der Waals surface area contributed by atoms with Gasteiger partial charge in [0.05, 0.1) is 22.5 Å². The van der Waals surface area contributed by atoms with Crippen molar-refractivity contribution in [2.75, 3.05) is 5.73 Å². The summed E-state index contributed by atoms with van der Waals surface area (Å²) in [4.78, 5) is 9.49. The van der Waals surface area contributed by atoms with E-state index in [1.165, 1.54) is 0 Å². The van der Waals surface area contributed by atoms with Crippen LogP contribution in [0.15, 0.2) is 45.4 Å². The highest BCUT2D eigenvalue weighted by molar-refractivity contribution is 6.30. The number of fused-ring (bicyclic) bond motifs is 1. The Hall–Kier alpha value is -3.71. The maximum atomic E-state index is 6.58. The third-order valence-corrected chi connectivity index (χ3v) is 6.06. The number of rotatable bonds is 4. The minimum atomic E-state index is 0.389. The van der Waals surface area contributed by atoms with E-state index in [-0.39, 0.29) is 0 Å². The van der Waals surface area contributed by atoms with Gasteiger partial charge in [-0.15, -0.1) is 0 Å². The van der Waals surface area contributed by atoms with Crippen LogP contribution in [-0.4, -0.2) is 20.3 Å². The Bertz CT molecular complexity index is 1480. The number of benzene rings is 2. The Morgan fingerprint density at radius 3 is 2.21 bits per heavy atom. The summed E-state index contributed by atoms with van der Waals surface area (Å²) in [6.07, 6.45) is 0.593. The fourth-order valence-electron chi connectivity index (χ4n) is 4.37. The van der Waals surface area contributed by atoms with E-state index in [0.29, 0.717) is 28.8 Å². The first-order chi connectivity index (χ1) is 15.8. The Kier molecular flexibility index (Phi) is 5.13. The second-order valence-corrected chi connectivity index (χ2v) is 8.56. The van der Waals surface area contributed by atoms with Gasteiger partial charge in [0.1, 0.15) is 17.3 Å². The maximum absolute atomic E-state index is 6.58. The third kappa shape index (κ3) is 3.64. The summed E-state index contributed by atoms with van der Waals surface area (Å²) in [5.41, 5.74) is 13.6. The van der Waals surface area contributed by atoms with E-state index in [1.807, 2.05) is 64.1 Å². The molecule has 5 aromatic rings. The van der Waals surface area contributed by atoms with E-state index in [4.69, 9.17) is 31.4 Å². The molecule has 8 heteroatoms. The molecule has 0 spiro atoms. The lowest BCUT2D eigenvalue weighted by Gasteiger charge is -2.15. The Labute approximate surface area is 195 Å². The average molecular weight is 460 g/mol. The lowest BCUT2D eigenvalue weighted by molar-refractivity contribution is 0.393. The molecule has 0 aliphatic heterocycles. The van der Waals surface area contributed by atoms with Gasteiger partial charge in [-0.25, -0.2) is 9.97 Å². The van der Waals surface area contributed by atoms with Crippen molar-refractivity contribution in [1.82, 2.24) is 20.3 Å². The van der Waals surface area contributed by atoms with Crippen molar-refractivity contribution >= 4 is 28.3 Å². The summed E-state index contributed by atoms with van der Waals surface area (Å²) >= 11 is 6.27. The number of anilines is 1. The van der Waals surface area contributed by atoms with E-state index in [1.54, 1.807) is 0 Å². The van der Waals surface area contributed by atoms with Crippen LogP contribution < -0.4 is 5.73 Å². The monoisotopic (exact) mass is 459 g/mol. The van der Waals surface area contributed by atoms with Crippen molar-refractivity contribution in [2.45, 2.75) is 34.1 Å². The predicted octanol–water partition coefficient (Wildman–Crippen LogP) is 6.00. The molecular formula is C25H22ClN5O2. The highest BCUT2D eigenvalue weighted by Gasteiger charge is 2.22. The predicted molar refractivity (Wildman–Crippen MR) is 128 cm³/mol. The number of nitrogens with two attached hydrogens (primary N) is 1. The quantitative estimate of drug-likeness (QED) is 0.351. The van der Waals surface area contributed by atoms with Gasteiger partial charge in [0.15, 0.2) is 5.82 Å². The van der Waals surface area contributed by atoms with Gasteiger partial charge in [-0.2, -0.15) is 0 Å². The Morgan fingerprint density at radius 1 is 0.879 bits per heavy atom. The van der Waals surface area contributed by atoms with Gasteiger partial charge in [0, 0.05) is 16.0 Å². The highest BCUT2D eigenvalue weighted by Crippen LogP contribution is 2.38. The van der Waals surface area contributed by atoms with Crippen molar-refractivity contribution < 1.29 is 9.05 Å². The second-order valence-electron chi connectivity index (χ2n) is 8.12. The van der Waals surface area contributed by atoms with Crippen LogP contribution in [0.2, 0.25) is 5.02 Å². The van der Waals surface area contributed by atoms with E-state index in [0.717, 1.165) is 55.9 Å². The van der Waals surface area contributed by atoms with E-state index >= 15 is 0 Å². The van der Waals surface area contributed by atoms with E-state index < -0.39 is 0 Å². The van der Waals surface area contributed by atoms with Gasteiger partial charge >= 0.3 is 0 Å². The molecule has 3 heterocycles. The molecule has 0 fully saturated rings. The van der Waals surface area contributed by atoms with Crippen LogP contribution >= 0.6 is 11.6 Å². The molecule has 3 aromatic heterocycles. The fourth-order valence-corrected chi connectivity index (χ4v) is 4.59. The van der Waals surface area contributed by atoms with Crippen molar-refractivity contribution in [1.29, 1.82) is 0 Å². The third-order valence-electron chi connectivity index (χ3n) is 5.83. The number of halogens is 1. The number of hydrogen-bond acceptors (Lipinski definition) is 7. The van der Waals surface area contributed by atoms with Crippen LogP contribution in [0, 0.1) is 27.7 Å². The van der Waals surface area contributed by atoms with Gasteiger partial charge in [0.2, 0.25) is 0 Å². The molecule has 0 unspecified atom stereocenters. The van der Waals surface area contributed by atoms with E-state index in [2.05, 4.69) is 15.3 Å². The first-order valence-corrected chi connectivity index (χ1v) is 10.9. The molecule has 166 valence electrons. The minimum absolute atomic E-state index is 0.389. The van der Waals surface area contributed by atoms with Crippen LogP contribution in [0.3, 0.4) is 0 Å². The molecule has 7 nitrogen and oxygen atoms in total. The smallest absolute Gasteiger partial charge is 0.167 e. The standard InChI is InChI=1S/C25H22ClN5O2/c1-12-21(14(3)32-30-12)18-8-9-20-23(19(18)11-16-6-5-7-17(26)10-16)24(27)29-25(28-20)22-13(2)31-33-15(22)4/h5-10H,11H2,1-4H3,(H2,27,28,29). The molecule has 2 aromatic carbocycles. The van der Waals surface area contributed by atoms with Crippen LogP contribution in [0.1, 0.15) is 34.0 Å². The SMILES string of the molecule is Cc1noc(C)c1-c1nc(N)c2c(Cc3cccc(Cl)c3)c(-c3c(C)noc3C)ccc2n1. The van der Waals surface area contributed by atoms with Crippen LogP contribution in [0.4, 0.5) is 5.82 Å². The Morgan fingerprint density at radius 2 is 1.58 bits per heavy atom. The molecule has 0 atom stereocenters. The molecule has 0 saturated carbocycles. The first kappa shape index (κ1) is 21.2. The zero-order valence-corrected chi connectivity index (χ0v) is 19.5. The molecule has 0 radical (unpaired) electrons. The van der Waals surface area contributed by atoms with Crippen LogP contribution in [0.25, 0.3) is 33.4 Å². The van der Waals surface area contributed by atoms with E-state index in [9.17, 15) is 0 Å². The minimum Gasteiger partial charge on any atom is -0.383 e. The Balaban J connectivity index is 1.79. The second kappa shape index (κ2) is 8.01. The number of nitrogen functional groups attached to an aromatic ring is 1. The summed E-state index contributed by atoms with van der Waals surface area (Å²) in [6, 6.07) is 11.8. The molecular weight excluding hydrogens is 438 g/mol. The first-order valence-electron chi connectivity index (χ1n) is 10.5. The summed E-state index contributed by atoms with van der Waals surface area (Å²) in [5, 5.41) is 9.65. The number of hydrogen-bond donors (Lipinski definition) is 1. The average Bonchev–Trinajstić information content (AvgIpc) is 3.28. The molecule has 0 aliphatic carbocycles. The van der Waals surface area contributed by atoms with Gasteiger partial charge < -0.3 is 14.8 Å². The van der Waals surface area contributed by atoms with Gasteiger partial charge in [-0.3, -0.25) is 0 Å². The van der Waals surface area contributed by atoms with Crippen molar-refractivity contribution in [3.63, 3.8) is 0 Å². The summed E-state index contributed by atoms with van der Waals surface area (Å²) in [5.74, 6) is 2.28. The largest absolute Gasteiger partial charge is 0.383 e. The zero-order chi connectivity index (χ0) is 23.3. The summed E-state index contributed by atoms with van der Waals surface area (Å²) in [6.45, 7) is 7.54. The number of nitrogens with zero attached hydrogens (tertiary/aromatic N) is 4.